The van der Waals surface area contributed by atoms with E-state index in [4.69, 9.17) is 16.3 Å². The first-order valence-corrected chi connectivity index (χ1v) is 8.37. The van der Waals surface area contributed by atoms with Gasteiger partial charge in [-0.25, -0.2) is 0 Å². The Kier molecular flexibility index (Phi) is 6.81. The van der Waals surface area contributed by atoms with Crippen LogP contribution in [0.25, 0.3) is 0 Å². The summed E-state index contributed by atoms with van der Waals surface area (Å²) in [6.45, 7) is 4.01. The summed E-state index contributed by atoms with van der Waals surface area (Å²) in [7, 11) is 0. The lowest BCUT2D eigenvalue weighted by Crippen LogP contribution is -2.21. The molecule has 1 aliphatic rings. The third-order valence-electron chi connectivity index (χ3n) is 4.11. The van der Waals surface area contributed by atoms with Gasteiger partial charge in [0.15, 0.2) is 0 Å². The van der Waals surface area contributed by atoms with Gasteiger partial charge < -0.3 is 15.2 Å². The average Bonchev–Trinajstić information content (AvgIpc) is 2.97. The molecule has 0 bridgehead atoms. The van der Waals surface area contributed by atoms with Crippen LogP contribution < -0.4 is 10.1 Å². The minimum atomic E-state index is -0.406. The molecular weight excluding hydrogens is 286 g/mol. The fraction of sp³-hybridized carbons (Fsp3) is 0.647. The summed E-state index contributed by atoms with van der Waals surface area (Å²) in [6, 6.07) is 5.76. The largest absolute Gasteiger partial charge is 0.489 e. The van der Waals surface area contributed by atoms with E-state index >= 15 is 0 Å². The maximum atomic E-state index is 10.1. The molecule has 1 aromatic carbocycles. The molecule has 0 saturated heterocycles. The molecule has 0 amide bonds. The zero-order valence-corrected chi connectivity index (χ0v) is 13.5. The number of hydrogen-bond acceptors (Lipinski definition) is 3. The molecule has 118 valence electrons. The van der Waals surface area contributed by atoms with Gasteiger partial charge in [-0.3, -0.25) is 0 Å². The Morgan fingerprint density at radius 2 is 2.14 bits per heavy atom. The van der Waals surface area contributed by atoms with Crippen molar-refractivity contribution in [2.45, 2.75) is 51.7 Å². The van der Waals surface area contributed by atoms with E-state index in [2.05, 4.69) is 12.2 Å². The van der Waals surface area contributed by atoms with Gasteiger partial charge in [0.05, 0.1) is 11.1 Å². The van der Waals surface area contributed by atoms with Gasteiger partial charge in [-0.05, 0) is 24.9 Å². The quantitative estimate of drug-likeness (QED) is 0.768. The first-order chi connectivity index (χ1) is 10.2. The van der Waals surface area contributed by atoms with Gasteiger partial charge in [0.25, 0.3) is 0 Å². The van der Waals surface area contributed by atoms with Gasteiger partial charge in [-0.2, -0.15) is 0 Å². The van der Waals surface area contributed by atoms with Crippen LogP contribution in [0.1, 0.15) is 44.6 Å². The van der Waals surface area contributed by atoms with Gasteiger partial charge in [0.1, 0.15) is 12.4 Å². The molecule has 0 heterocycles. The molecule has 0 spiro atoms. The number of aliphatic hydroxyl groups excluding tert-OH is 1. The van der Waals surface area contributed by atoms with E-state index in [0.29, 0.717) is 23.3 Å². The van der Waals surface area contributed by atoms with Crippen molar-refractivity contribution in [1.82, 2.24) is 5.32 Å². The lowest BCUT2D eigenvalue weighted by atomic mass is 10.0. The van der Waals surface area contributed by atoms with Gasteiger partial charge in [-0.15, -0.1) is 0 Å². The van der Waals surface area contributed by atoms with Crippen LogP contribution in [0, 0.1) is 5.92 Å². The Balaban J connectivity index is 1.88. The van der Waals surface area contributed by atoms with E-state index < -0.39 is 6.10 Å². The van der Waals surface area contributed by atoms with Crippen molar-refractivity contribution >= 4 is 11.6 Å². The summed E-state index contributed by atoms with van der Waals surface area (Å²) in [5.74, 6) is 1.36. The van der Waals surface area contributed by atoms with Crippen LogP contribution in [0.15, 0.2) is 18.2 Å². The predicted molar refractivity (Wildman–Crippen MR) is 86.9 cm³/mol. The second-order valence-electron chi connectivity index (χ2n) is 5.86. The number of aliphatic hydroxyl groups is 1. The molecule has 2 N–H and O–H groups in total. The number of benzene rings is 1. The first kappa shape index (κ1) is 16.6. The second-order valence-corrected chi connectivity index (χ2v) is 6.27. The summed E-state index contributed by atoms with van der Waals surface area (Å²) < 4.78 is 5.82. The smallest absolute Gasteiger partial charge is 0.142 e. The molecule has 1 unspecified atom stereocenters. The highest BCUT2D eigenvalue weighted by Gasteiger charge is 2.19. The van der Waals surface area contributed by atoms with Crippen molar-refractivity contribution < 1.29 is 9.84 Å². The Morgan fingerprint density at radius 1 is 1.38 bits per heavy atom. The standard InChI is InChI=1S/C17H26ClNO2/c1-2-19-11-14-8-5-9-16(18)17(14)21-12-15(20)10-13-6-3-4-7-13/h5,8-9,13,15,19-20H,2-4,6-7,10-12H2,1H3. The van der Waals surface area contributed by atoms with Crippen LogP contribution in [-0.2, 0) is 6.54 Å². The predicted octanol–water partition coefficient (Wildman–Crippen LogP) is 3.77. The summed E-state index contributed by atoms with van der Waals surface area (Å²) in [5.41, 5.74) is 1.04. The number of rotatable bonds is 8. The van der Waals surface area contributed by atoms with Gasteiger partial charge in [0.2, 0.25) is 0 Å². The maximum Gasteiger partial charge on any atom is 0.142 e. The zero-order chi connectivity index (χ0) is 15.1. The summed E-state index contributed by atoms with van der Waals surface area (Å²) in [6.07, 6.45) is 5.53. The Morgan fingerprint density at radius 3 is 2.86 bits per heavy atom. The number of ether oxygens (including phenoxy) is 1. The zero-order valence-electron chi connectivity index (χ0n) is 12.8. The third-order valence-corrected chi connectivity index (χ3v) is 4.41. The molecule has 3 nitrogen and oxygen atoms in total. The van der Waals surface area contributed by atoms with E-state index in [-0.39, 0.29) is 0 Å². The molecule has 1 saturated carbocycles. The minimum Gasteiger partial charge on any atom is -0.489 e. The SMILES string of the molecule is CCNCc1cccc(Cl)c1OCC(O)CC1CCCC1. The molecule has 1 atom stereocenters. The highest BCUT2D eigenvalue weighted by atomic mass is 35.5. The van der Waals surface area contributed by atoms with Crippen LogP contribution in [0.3, 0.4) is 0 Å². The molecule has 2 rings (SSSR count). The van der Waals surface area contributed by atoms with Gasteiger partial charge in [-0.1, -0.05) is 56.3 Å². The van der Waals surface area contributed by atoms with Crippen molar-refractivity contribution in [3.63, 3.8) is 0 Å². The van der Waals surface area contributed by atoms with Gasteiger partial charge in [0, 0.05) is 12.1 Å². The average molecular weight is 312 g/mol. The molecule has 21 heavy (non-hydrogen) atoms. The topological polar surface area (TPSA) is 41.5 Å². The van der Waals surface area contributed by atoms with Crippen molar-refractivity contribution in [2.24, 2.45) is 5.92 Å². The fourth-order valence-electron chi connectivity index (χ4n) is 2.99. The van der Waals surface area contributed by atoms with Crippen molar-refractivity contribution in [2.75, 3.05) is 13.2 Å². The second kappa shape index (κ2) is 8.62. The van der Waals surface area contributed by atoms with Crippen molar-refractivity contribution in [3.05, 3.63) is 28.8 Å². The van der Waals surface area contributed by atoms with E-state index in [1.54, 1.807) is 0 Å². The molecule has 4 heteroatoms. The number of halogens is 1. The number of hydrogen-bond donors (Lipinski definition) is 2. The Bertz CT molecular complexity index is 433. The molecule has 1 fully saturated rings. The van der Waals surface area contributed by atoms with Gasteiger partial charge >= 0.3 is 0 Å². The maximum absolute atomic E-state index is 10.1. The molecule has 1 aromatic rings. The summed E-state index contributed by atoms with van der Waals surface area (Å²) in [4.78, 5) is 0. The van der Waals surface area contributed by atoms with Crippen molar-refractivity contribution in [1.29, 1.82) is 0 Å². The normalized spacial score (nSPS) is 17.1. The molecular formula is C17H26ClNO2. The molecule has 0 aromatic heterocycles. The van der Waals surface area contributed by atoms with E-state index in [0.717, 1.165) is 25.1 Å². The minimum absolute atomic E-state index is 0.319. The monoisotopic (exact) mass is 311 g/mol. The highest BCUT2D eigenvalue weighted by Crippen LogP contribution is 2.31. The van der Waals surface area contributed by atoms with E-state index in [1.807, 2.05) is 18.2 Å². The van der Waals surface area contributed by atoms with Crippen LogP contribution in [0.2, 0.25) is 5.02 Å². The number of nitrogens with one attached hydrogen (secondary N) is 1. The molecule has 0 radical (unpaired) electrons. The molecule has 0 aliphatic heterocycles. The summed E-state index contributed by atoms with van der Waals surface area (Å²) >= 11 is 6.23. The lowest BCUT2D eigenvalue weighted by Gasteiger charge is -2.18. The number of para-hydroxylation sites is 1. The van der Waals surface area contributed by atoms with Crippen LogP contribution in [0.5, 0.6) is 5.75 Å². The molecule has 1 aliphatic carbocycles. The van der Waals surface area contributed by atoms with Crippen LogP contribution >= 0.6 is 11.6 Å². The van der Waals surface area contributed by atoms with E-state index in [1.165, 1.54) is 25.7 Å². The highest BCUT2D eigenvalue weighted by molar-refractivity contribution is 6.32. The summed E-state index contributed by atoms with van der Waals surface area (Å²) in [5, 5.41) is 14.0. The van der Waals surface area contributed by atoms with Crippen molar-refractivity contribution in [3.8, 4) is 5.75 Å². The van der Waals surface area contributed by atoms with E-state index in [9.17, 15) is 5.11 Å². The Labute approximate surface area is 132 Å². The lowest BCUT2D eigenvalue weighted by molar-refractivity contribution is 0.0851. The fourth-order valence-corrected chi connectivity index (χ4v) is 3.24. The van der Waals surface area contributed by atoms with Crippen LogP contribution in [0.4, 0.5) is 0 Å². The third kappa shape index (κ3) is 5.17. The van der Waals surface area contributed by atoms with Crippen LogP contribution in [-0.4, -0.2) is 24.4 Å². The first-order valence-electron chi connectivity index (χ1n) is 7.99. The Hall–Kier alpha value is -0.770.